The third kappa shape index (κ3) is 6.21. The summed E-state index contributed by atoms with van der Waals surface area (Å²) in [5, 5.41) is 3.28. The lowest BCUT2D eigenvalue weighted by molar-refractivity contribution is -0.140. The molecule has 1 amide bonds. The molecule has 2 aromatic rings. The van der Waals surface area contributed by atoms with E-state index in [0.717, 1.165) is 10.4 Å². The summed E-state index contributed by atoms with van der Waals surface area (Å²) >= 11 is 1.34. The zero-order chi connectivity index (χ0) is 19.6. The monoisotopic (exact) mass is 389 g/mol. The topological polar surface area (TPSA) is 81.7 Å². The lowest BCUT2D eigenvalue weighted by Crippen LogP contribution is -2.14. The zero-order valence-electron chi connectivity index (χ0n) is 15.4. The Morgan fingerprint density at radius 3 is 2.44 bits per heavy atom. The molecule has 0 atom stereocenters. The average molecular weight is 389 g/mol. The number of carbonyl (C=O) groups is 3. The van der Waals surface area contributed by atoms with Crippen LogP contribution in [0, 0.1) is 0 Å². The molecule has 0 saturated carbocycles. The number of esters is 2. The van der Waals surface area contributed by atoms with Crippen LogP contribution in [0.3, 0.4) is 0 Å². The molecule has 1 heterocycles. The minimum atomic E-state index is -0.461. The molecule has 0 saturated heterocycles. The third-order valence-electron chi connectivity index (χ3n) is 3.80. The molecule has 1 aromatic carbocycles. The predicted octanol–water partition coefficient (Wildman–Crippen LogP) is 4.26. The molecule has 6 nitrogen and oxygen atoms in total. The molecule has 0 aliphatic rings. The maximum absolute atomic E-state index is 12.2. The molecule has 2 rings (SSSR count). The number of amides is 1. The van der Waals surface area contributed by atoms with Gasteiger partial charge in [-0.1, -0.05) is 30.3 Å². The van der Waals surface area contributed by atoms with Gasteiger partial charge in [0.05, 0.1) is 19.3 Å². The second-order valence-electron chi connectivity index (χ2n) is 5.77. The first-order chi connectivity index (χ1) is 13.0. The van der Waals surface area contributed by atoms with Crippen molar-refractivity contribution in [3.8, 4) is 10.4 Å². The van der Waals surface area contributed by atoms with Crippen molar-refractivity contribution >= 4 is 34.2 Å². The molecule has 144 valence electrons. The van der Waals surface area contributed by atoms with E-state index in [1.807, 2.05) is 30.3 Å². The van der Waals surface area contributed by atoms with E-state index >= 15 is 0 Å². The average Bonchev–Trinajstić information content (AvgIpc) is 3.09. The van der Waals surface area contributed by atoms with E-state index in [-0.39, 0.29) is 31.3 Å². The maximum Gasteiger partial charge on any atom is 0.341 e. The first-order valence-corrected chi connectivity index (χ1v) is 9.59. The van der Waals surface area contributed by atoms with Crippen molar-refractivity contribution in [3.63, 3.8) is 0 Å². The van der Waals surface area contributed by atoms with Gasteiger partial charge in [0.25, 0.3) is 0 Å². The quantitative estimate of drug-likeness (QED) is 0.512. The van der Waals surface area contributed by atoms with E-state index in [2.05, 4.69) is 10.1 Å². The van der Waals surface area contributed by atoms with Crippen LogP contribution in [0.1, 0.15) is 43.0 Å². The summed E-state index contributed by atoms with van der Waals surface area (Å²) in [7, 11) is 1.34. The Kier molecular flexibility index (Phi) is 8.00. The van der Waals surface area contributed by atoms with Gasteiger partial charge in [-0.3, -0.25) is 9.59 Å². The molecule has 0 radical (unpaired) electrons. The Hall–Kier alpha value is -2.67. The van der Waals surface area contributed by atoms with Gasteiger partial charge >= 0.3 is 11.9 Å². The van der Waals surface area contributed by atoms with Gasteiger partial charge in [-0.15, -0.1) is 11.3 Å². The van der Waals surface area contributed by atoms with Crippen LogP contribution >= 0.6 is 11.3 Å². The van der Waals surface area contributed by atoms with E-state index in [9.17, 15) is 14.4 Å². The van der Waals surface area contributed by atoms with Gasteiger partial charge in [0.2, 0.25) is 5.91 Å². The molecule has 7 heteroatoms. The van der Waals surface area contributed by atoms with Crippen LogP contribution in [0.5, 0.6) is 0 Å². The minimum Gasteiger partial charge on any atom is -0.469 e. The standard InChI is InChI=1S/C20H23NO5S/c1-3-26-20(24)15-13-16(14-9-5-4-6-10-14)27-19(15)21-17(22)11-7-8-12-18(23)25-2/h4-6,9-10,13H,3,7-8,11-12H2,1-2H3,(H,21,22). The number of nitrogens with one attached hydrogen (secondary N) is 1. The number of unbranched alkanes of at least 4 members (excludes halogenated alkanes) is 1. The summed E-state index contributed by atoms with van der Waals surface area (Å²) < 4.78 is 9.68. The molecule has 1 aromatic heterocycles. The number of thiophene rings is 1. The third-order valence-corrected chi connectivity index (χ3v) is 4.90. The van der Waals surface area contributed by atoms with E-state index in [1.165, 1.54) is 18.4 Å². The van der Waals surface area contributed by atoms with Crippen LogP contribution < -0.4 is 5.32 Å². The van der Waals surface area contributed by atoms with Gasteiger partial charge < -0.3 is 14.8 Å². The number of rotatable bonds is 9. The first-order valence-electron chi connectivity index (χ1n) is 8.78. The summed E-state index contributed by atoms with van der Waals surface area (Å²) in [4.78, 5) is 36.4. The number of benzene rings is 1. The van der Waals surface area contributed by atoms with Crippen LogP contribution in [0.2, 0.25) is 0 Å². The van der Waals surface area contributed by atoms with E-state index in [1.54, 1.807) is 13.0 Å². The fourth-order valence-corrected chi connectivity index (χ4v) is 3.50. The molecular formula is C20H23NO5S. The number of hydrogen-bond acceptors (Lipinski definition) is 6. The predicted molar refractivity (Wildman–Crippen MR) is 105 cm³/mol. The van der Waals surface area contributed by atoms with E-state index < -0.39 is 5.97 Å². The number of anilines is 1. The normalized spacial score (nSPS) is 10.3. The summed E-state index contributed by atoms with van der Waals surface area (Å²) in [6.07, 6.45) is 1.68. The van der Waals surface area contributed by atoms with Crippen LogP contribution in [-0.4, -0.2) is 31.6 Å². The molecular weight excluding hydrogens is 366 g/mol. The number of methoxy groups -OCH3 is 1. The van der Waals surface area contributed by atoms with E-state index in [4.69, 9.17) is 4.74 Å². The molecule has 0 aliphatic heterocycles. The summed E-state index contributed by atoms with van der Waals surface area (Å²) in [5.41, 5.74) is 1.32. The molecule has 0 bridgehead atoms. The van der Waals surface area contributed by atoms with E-state index in [0.29, 0.717) is 23.4 Å². The Balaban J connectivity index is 2.07. The van der Waals surface area contributed by atoms with Gasteiger partial charge in [-0.05, 0) is 31.4 Å². The highest BCUT2D eigenvalue weighted by molar-refractivity contribution is 7.20. The van der Waals surface area contributed by atoms with Crippen LogP contribution in [0.15, 0.2) is 36.4 Å². The second-order valence-corrected chi connectivity index (χ2v) is 6.82. The second kappa shape index (κ2) is 10.5. The number of carbonyl (C=O) groups excluding carboxylic acids is 3. The van der Waals surface area contributed by atoms with Crippen LogP contribution in [-0.2, 0) is 19.1 Å². The molecule has 27 heavy (non-hydrogen) atoms. The van der Waals surface area contributed by atoms with Gasteiger partial charge in [-0.2, -0.15) is 0 Å². The van der Waals surface area contributed by atoms with Crippen molar-refractivity contribution in [1.82, 2.24) is 0 Å². The Labute approximate surface area is 162 Å². The highest BCUT2D eigenvalue weighted by Crippen LogP contribution is 2.36. The summed E-state index contributed by atoms with van der Waals surface area (Å²) in [6, 6.07) is 11.4. The van der Waals surface area contributed by atoms with Crippen LogP contribution in [0.25, 0.3) is 10.4 Å². The van der Waals surface area contributed by atoms with Crippen molar-refractivity contribution in [1.29, 1.82) is 0 Å². The lowest BCUT2D eigenvalue weighted by Gasteiger charge is -2.06. The maximum atomic E-state index is 12.2. The smallest absolute Gasteiger partial charge is 0.341 e. The zero-order valence-corrected chi connectivity index (χ0v) is 16.3. The summed E-state index contributed by atoms with van der Waals surface area (Å²) in [5.74, 6) is -0.949. The SMILES string of the molecule is CCOC(=O)c1cc(-c2ccccc2)sc1NC(=O)CCCCC(=O)OC. The Bertz CT molecular complexity index is 785. The highest BCUT2D eigenvalue weighted by Gasteiger charge is 2.19. The Morgan fingerprint density at radius 1 is 1.07 bits per heavy atom. The van der Waals surface area contributed by atoms with Gasteiger partial charge in [0.15, 0.2) is 0 Å². The fourth-order valence-electron chi connectivity index (χ4n) is 2.44. The minimum absolute atomic E-state index is 0.202. The fraction of sp³-hybridized carbons (Fsp3) is 0.350. The van der Waals surface area contributed by atoms with Crippen molar-refractivity contribution in [2.24, 2.45) is 0 Å². The van der Waals surface area contributed by atoms with Gasteiger partial charge in [0, 0.05) is 17.7 Å². The van der Waals surface area contributed by atoms with Crippen molar-refractivity contribution < 1.29 is 23.9 Å². The molecule has 0 spiro atoms. The van der Waals surface area contributed by atoms with Crippen molar-refractivity contribution in [2.45, 2.75) is 32.6 Å². The number of ether oxygens (including phenoxy) is 2. The van der Waals surface area contributed by atoms with Crippen molar-refractivity contribution in [2.75, 3.05) is 19.0 Å². The van der Waals surface area contributed by atoms with Gasteiger partial charge in [0.1, 0.15) is 5.00 Å². The largest absolute Gasteiger partial charge is 0.469 e. The summed E-state index contributed by atoms with van der Waals surface area (Å²) in [6.45, 7) is 2.00. The van der Waals surface area contributed by atoms with Gasteiger partial charge in [-0.25, -0.2) is 4.79 Å². The first kappa shape index (κ1) is 20.6. The molecule has 1 N–H and O–H groups in total. The lowest BCUT2D eigenvalue weighted by atomic mass is 10.1. The molecule has 0 aliphatic carbocycles. The number of hydrogen-bond donors (Lipinski definition) is 1. The molecule has 0 unspecified atom stereocenters. The molecule has 0 fully saturated rings. The highest BCUT2D eigenvalue weighted by atomic mass is 32.1. The Morgan fingerprint density at radius 2 is 1.78 bits per heavy atom. The van der Waals surface area contributed by atoms with Crippen molar-refractivity contribution in [3.05, 3.63) is 42.0 Å². The van der Waals surface area contributed by atoms with Crippen LogP contribution in [0.4, 0.5) is 5.00 Å².